The smallest absolute Gasteiger partial charge is 0.427 e. The molecule has 0 aromatic heterocycles. The average molecular weight is 620 g/mol. The van der Waals surface area contributed by atoms with E-state index in [4.69, 9.17) is 9.84 Å². The summed E-state index contributed by atoms with van der Waals surface area (Å²) >= 11 is 0. The quantitative estimate of drug-likeness (QED) is 0.381. The molecule has 41 heavy (non-hydrogen) atoms. The van der Waals surface area contributed by atoms with Gasteiger partial charge in [0.05, 0.1) is 22.7 Å². The van der Waals surface area contributed by atoms with Crippen LogP contribution >= 0.6 is 0 Å². The third-order valence-electron chi connectivity index (χ3n) is 5.73. The van der Waals surface area contributed by atoms with Crippen LogP contribution in [0.3, 0.4) is 0 Å². The van der Waals surface area contributed by atoms with E-state index in [0.29, 0.717) is 30.3 Å². The highest BCUT2D eigenvalue weighted by Gasteiger charge is 2.51. The minimum atomic E-state index is -5.30. The number of fused-ring (bicyclic) bond motifs is 1. The van der Waals surface area contributed by atoms with Gasteiger partial charge in [0.1, 0.15) is 11.9 Å². The number of halogens is 8. The number of hydrogen-bond donors (Lipinski definition) is 2. The molecule has 0 bridgehead atoms. The molecule has 0 radical (unpaired) electrons. The number of carbonyl (C=O) groups is 2. The number of alkyl halides is 6. The van der Waals surface area contributed by atoms with Crippen molar-refractivity contribution in [3.63, 3.8) is 0 Å². The number of amides is 1. The number of nitrogens with zero attached hydrogens (tertiary/aromatic N) is 1. The number of nitrogens with one attached hydrogen (secondary N) is 1. The number of benzene rings is 2. The minimum Gasteiger partial charge on any atom is -0.483 e. The zero-order valence-electron chi connectivity index (χ0n) is 20.9. The standard InChI is InChI=1S/C23H20F8N2O7S/c1-21(2,23(29,30)31)40-20(36)32-11-7-16(25)19-17(8-11)33(10-12(39-19)3-6-18(34)35)41(37,38)13-4-5-15(24)14(9-13)22(26,27)28/h4-5,7-9,12H,3,6,10H2,1-2H3,(H,32,36)(H,34,35)/t12-/m0/s1. The van der Waals surface area contributed by atoms with Gasteiger partial charge in [-0.3, -0.25) is 14.4 Å². The molecule has 0 saturated carbocycles. The summed E-state index contributed by atoms with van der Waals surface area (Å²) in [5, 5.41) is 10.8. The number of rotatable bonds is 7. The molecule has 0 unspecified atom stereocenters. The normalized spacial score (nSPS) is 16.0. The van der Waals surface area contributed by atoms with Crippen molar-refractivity contribution in [2.75, 3.05) is 16.2 Å². The molecule has 0 fully saturated rings. The molecule has 1 aliphatic rings. The van der Waals surface area contributed by atoms with Crippen molar-refractivity contribution in [3.8, 4) is 5.75 Å². The molecular weight excluding hydrogens is 600 g/mol. The van der Waals surface area contributed by atoms with Gasteiger partial charge in [-0.1, -0.05) is 0 Å². The molecule has 9 nitrogen and oxygen atoms in total. The summed E-state index contributed by atoms with van der Waals surface area (Å²) in [6, 6.07) is 2.03. The molecule has 3 rings (SSSR count). The lowest BCUT2D eigenvalue weighted by Gasteiger charge is -2.36. The first-order valence-corrected chi connectivity index (χ1v) is 12.8. The number of sulfonamides is 1. The highest BCUT2D eigenvalue weighted by molar-refractivity contribution is 7.92. The molecule has 1 atom stereocenters. The first-order chi connectivity index (χ1) is 18.6. The number of anilines is 2. The summed E-state index contributed by atoms with van der Waals surface area (Å²) in [4.78, 5) is 22.0. The fourth-order valence-corrected chi connectivity index (χ4v) is 5.06. The first kappa shape index (κ1) is 31.7. The van der Waals surface area contributed by atoms with Crippen LogP contribution in [0.2, 0.25) is 0 Å². The molecule has 18 heteroatoms. The van der Waals surface area contributed by atoms with E-state index in [-0.39, 0.29) is 18.6 Å². The van der Waals surface area contributed by atoms with Crippen molar-refractivity contribution in [1.82, 2.24) is 0 Å². The van der Waals surface area contributed by atoms with Crippen LogP contribution in [0.25, 0.3) is 0 Å². The monoisotopic (exact) mass is 620 g/mol. The van der Waals surface area contributed by atoms with Crippen LogP contribution in [-0.4, -0.2) is 50.0 Å². The van der Waals surface area contributed by atoms with E-state index in [1.54, 1.807) is 5.32 Å². The second-order valence-corrected chi connectivity index (χ2v) is 11.0. The molecular formula is C23H20F8N2O7S. The third kappa shape index (κ3) is 6.91. The number of carboxylic acids is 1. The Morgan fingerprint density at radius 2 is 1.71 bits per heavy atom. The van der Waals surface area contributed by atoms with Crippen LogP contribution in [0.15, 0.2) is 35.2 Å². The fraction of sp³-hybridized carbons (Fsp3) is 0.391. The predicted octanol–water partition coefficient (Wildman–Crippen LogP) is 5.69. The fourth-order valence-electron chi connectivity index (χ4n) is 3.54. The van der Waals surface area contributed by atoms with Gasteiger partial charge in [0.15, 0.2) is 11.6 Å². The zero-order chi connectivity index (χ0) is 31.1. The number of carbonyl (C=O) groups excluding carboxylic acids is 1. The largest absolute Gasteiger partial charge is 0.483 e. The lowest BCUT2D eigenvalue weighted by molar-refractivity contribution is -0.242. The summed E-state index contributed by atoms with van der Waals surface area (Å²) < 4.78 is 145. The summed E-state index contributed by atoms with van der Waals surface area (Å²) in [6.07, 6.45) is -14.3. The second kappa shape index (κ2) is 10.9. The van der Waals surface area contributed by atoms with Crippen molar-refractivity contribution in [1.29, 1.82) is 0 Å². The predicted molar refractivity (Wildman–Crippen MR) is 124 cm³/mol. The Morgan fingerprint density at radius 3 is 2.27 bits per heavy atom. The Labute approximate surface area is 226 Å². The molecule has 1 heterocycles. The van der Waals surface area contributed by atoms with Gasteiger partial charge in [-0.15, -0.1) is 0 Å². The number of aliphatic carboxylic acids is 1. The van der Waals surface area contributed by atoms with Crippen molar-refractivity contribution in [2.45, 2.75) is 55.6 Å². The molecule has 1 aliphatic heterocycles. The van der Waals surface area contributed by atoms with Gasteiger partial charge in [0, 0.05) is 18.2 Å². The van der Waals surface area contributed by atoms with Crippen LogP contribution in [-0.2, 0) is 25.7 Å². The van der Waals surface area contributed by atoms with Crippen molar-refractivity contribution >= 4 is 33.5 Å². The van der Waals surface area contributed by atoms with Gasteiger partial charge < -0.3 is 14.6 Å². The molecule has 2 aromatic rings. The molecule has 0 saturated heterocycles. The molecule has 0 spiro atoms. The molecule has 226 valence electrons. The Morgan fingerprint density at radius 1 is 1.07 bits per heavy atom. The first-order valence-electron chi connectivity index (χ1n) is 11.3. The number of ether oxygens (including phenoxy) is 2. The van der Waals surface area contributed by atoms with Crippen LogP contribution in [0.5, 0.6) is 5.75 Å². The summed E-state index contributed by atoms with van der Waals surface area (Å²) in [5.41, 5.74) is -6.25. The van der Waals surface area contributed by atoms with Crippen molar-refractivity contribution in [3.05, 3.63) is 47.5 Å². The van der Waals surface area contributed by atoms with Crippen molar-refractivity contribution in [2.24, 2.45) is 0 Å². The maximum atomic E-state index is 15.1. The van der Waals surface area contributed by atoms with Crippen LogP contribution in [0.4, 0.5) is 51.3 Å². The molecule has 1 amide bonds. The van der Waals surface area contributed by atoms with Gasteiger partial charge >= 0.3 is 24.4 Å². The van der Waals surface area contributed by atoms with Gasteiger partial charge in [0.25, 0.3) is 10.0 Å². The average Bonchev–Trinajstić information content (AvgIpc) is 2.80. The summed E-state index contributed by atoms with van der Waals surface area (Å²) in [6.45, 7) is 0.282. The van der Waals surface area contributed by atoms with E-state index in [0.717, 1.165) is 6.07 Å². The van der Waals surface area contributed by atoms with Crippen molar-refractivity contribution < 1.29 is 67.7 Å². The Bertz CT molecular complexity index is 1460. The SMILES string of the molecule is CC(C)(OC(=O)Nc1cc(F)c2c(c1)N(S(=O)(=O)c1ccc(F)c(C(F)(F)F)c1)C[C@H](CCC(=O)O)O2)C(F)(F)F. The maximum absolute atomic E-state index is 15.1. The van der Waals surface area contributed by atoms with E-state index >= 15 is 4.39 Å². The Hall–Kier alpha value is -3.83. The van der Waals surface area contributed by atoms with Gasteiger partial charge in [-0.2, -0.15) is 26.3 Å². The van der Waals surface area contributed by atoms with Crippen LogP contribution in [0.1, 0.15) is 32.3 Å². The van der Waals surface area contributed by atoms with E-state index in [9.17, 15) is 48.7 Å². The van der Waals surface area contributed by atoms with E-state index in [2.05, 4.69) is 4.74 Å². The van der Waals surface area contributed by atoms with E-state index < -0.39 is 98.3 Å². The lowest BCUT2D eigenvalue weighted by Crippen LogP contribution is -2.44. The van der Waals surface area contributed by atoms with E-state index in [1.807, 2.05) is 0 Å². The Kier molecular flexibility index (Phi) is 8.40. The molecule has 2 N–H and O–H groups in total. The minimum absolute atomic E-state index is 0.00109. The van der Waals surface area contributed by atoms with E-state index in [1.165, 1.54) is 0 Å². The third-order valence-corrected chi connectivity index (χ3v) is 7.51. The molecule has 2 aromatic carbocycles. The number of hydrogen-bond acceptors (Lipinski definition) is 6. The number of carboxylic acid groups (broad SMARTS) is 1. The van der Waals surface area contributed by atoms with Crippen LogP contribution in [0, 0.1) is 11.6 Å². The lowest BCUT2D eigenvalue weighted by atomic mass is 10.1. The Balaban J connectivity index is 2.09. The highest BCUT2D eigenvalue weighted by atomic mass is 32.2. The maximum Gasteiger partial charge on any atom is 0.427 e. The highest BCUT2D eigenvalue weighted by Crippen LogP contribution is 2.43. The van der Waals surface area contributed by atoms with Gasteiger partial charge in [0.2, 0.25) is 5.60 Å². The summed E-state index contributed by atoms with van der Waals surface area (Å²) in [5.74, 6) is -5.30. The molecule has 0 aliphatic carbocycles. The van der Waals surface area contributed by atoms with Crippen LogP contribution < -0.4 is 14.4 Å². The van der Waals surface area contributed by atoms with Gasteiger partial charge in [-0.05, 0) is 44.5 Å². The van der Waals surface area contributed by atoms with Gasteiger partial charge in [-0.25, -0.2) is 22.0 Å². The summed E-state index contributed by atoms with van der Waals surface area (Å²) in [7, 11) is -5.08. The zero-order valence-corrected chi connectivity index (χ0v) is 21.7. The topological polar surface area (TPSA) is 122 Å². The second-order valence-electron chi connectivity index (χ2n) is 9.18.